The van der Waals surface area contributed by atoms with Crippen LogP contribution in [0.5, 0.6) is 0 Å². The number of rotatable bonds is 5. The Hall–Kier alpha value is -1.62. The van der Waals surface area contributed by atoms with Gasteiger partial charge >= 0.3 is 6.09 Å². The smallest absolute Gasteiger partial charge is 0.407 e. The van der Waals surface area contributed by atoms with Gasteiger partial charge in [0.05, 0.1) is 5.69 Å². The van der Waals surface area contributed by atoms with Gasteiger partial charge in [-0.3, -0.25) is 4.98 Å². The molecule has 5 heteroatoms. The molecule has 0 atom stereocenters. The van der Waals surface area contributed by atoms with Crippen LogP contribution in [-0.2, 0) is 11.3 Å². The van der Waals surface area contributed by atoms with Crippen molar-refractivity contribution in [2.75, 3.05) is 6.54 Å². The van der Waals surface area contributed by atoms with Gasteiger partial charge < -0.3 is 15.4 Å². The van der Waals surface area contributed by atoms with E-state index in [-0.39, 0.29) is 5.54 Å². The molecular weight excluding hydrogens is 266 g/mol. The second-order valence-corrected chi connectivity index (χ2v) is 6.92. The number of amides is 1. The number of hydrogen-bond acceptors (Lipinski definition) is 4. The molecule has 1 heterocycles. The van der Waals surface area contributed by atoms with E-state index in [2.05, 4.69) is 15.6 Å². The highest BCUT2D eigenvalue weighted by molar-refractivity contribution is 5.67. The maximum absolute atomic E-state index is 11.6. The summed E-state index contributed by atoms with van der Waals surface area (Å²) in [6, 6.07) is 4.04. The quantitative estimate of drug-likeness (QED) is 0.876. The number of aryl methyl sites for hydroxylation is 1. The van der Waals surface area contributed by atoms with Crippen molar-refractivity contribution in [2.24, 2.45) is 0 Å². The van der Waals surface area contributed by atoms with Crippen molar-refractivity contribution in [2.45, 2.75) is 59.2 Å². The summed E-state index contributed by atoms with van der Waals surface area (Å²) in [5.41, 5.74) is 1.40. The standard InChI is InChI=1S/C16H27N3O2/c1-12-7-8-13(17-9-12)10-19-16(5,6)11-18-14(20)21-15(2,3)4/h7-9,19H,10-11H2,1-6H3,(H,18,20). The third-order valence-electron chi connectivity index (χ3n) is 2.79. The molecule has 1 amide bonds. The Morgan fingerprint density at radius 2 is 1.90 bits per heavy atom. The highest BCUT2D eigenvalue weighted by atomic mass is 16.6. The lowest BCUT2D eigenvalue weighted by molar-refractivity contribution is 0.0513. The van der Waals surface area contributed by atoms with Gasteiger partial charge in [-0.05, 0) is 53.2 Å². The molecule has 0 bridgehead atoms. The molecule has 118 valence electrons. The van der Waals surface area contributed by atoms with Gasteiger partial charge in [0, 0.05) is 24.8 Å². The monoisotopic (exact) mass is 293 g/mol. The van der Waals surface area contributed by atoms with Crippen molar-refractivity contribution < 1.29 is 9.53 Å². The second-order valence-electron chi connectivity index (χ2n) is 6.92. The van der Waals surface area contributed by atoms with Crippen LogP contribution in [-0.4, -0.2) is 28.8 Å². The first-order chi connectivity index (χ1) is 9.57. The highest BCUT2D eigenvalue weighted by Crippen LogP contribution is 2.08. The Labute approximate surface area is 127 Å². The topological polar surface area (TPSA) is 63.2 Å². The molecule has 0 unspecified atom stereocenters. The van der Waals surface area contributed by atoms with Crippen LogP contribution in [0.3, 0.4) is 0 Å². The van der Waals surface area contributed by atoms with E-state index in [4.69, 9.17) is 4.74 Å². The fourth-order valence-electron chi connectivity index (χ4n) is 1.60. The van der Waals surface area contributed by atoms with Crippen LogP contribution in [0, 0.1) is 6.92 Å². The minimum Gasteiger partial charge on any atom is -0.444 e. The predicted octanol–water partition coefficient (Wildman–Crippen LogP) is 2.78. The van der Waals surface area contributed by atoms with E-state index in [1.807, 2.05) is 59.9 Å². The van der Waals surface area contributed by atoms with Crippen LogP contribution in [0.1, 0.15) is 45.9 Å². The van der Waals surface area contributed by atoms with Gasteiger partial charge in [0.1, 0.15) is 5.60 Å². The van der Waals surface area contributed by atoms with Crippen molar-refractivity contribution in [1.29, 1.82) is 0 Å². The summed E-state index contributed by atoms with van der Waals surface area (Å²) in [7, 11) is 0. The number of aromatic nitrogens is 1. The first-order valence-electron chi connectivity index (χ1n) is 7.21. The zero-order valence-electron chi connectivity index (χ0n) is 13.9. The average Bonchev–Trinajstić information content (AvgIpc) is 2.34. The summed E-state index contributed by atoms with van der Waals surface area (Å²) in [6.45, 7) is 12.7. The van der Waals surface area contributed by atoms with Crippen molar-refractivity contribution in [3.8, 4) is 0 Å². The van der Waals surface area contributed by atoms with Crippen LogP contribution < -0.4 is 10.6 Å². The van der Waals surface area contributed by atoms with Crippen molar-refractivity contribution >= 4 is 6.09 Å². The lowest BCUT2D eigenvalue weighted by atomic mass is 10.1. The fraction of sp³-hybridized carbons (Fsp3) is 0.625. The predicted molar refractivity (Wildman–Crippen MR) is 84.1 cm³/mol. The molecule has 0 aliphatic heterocycles. The molecule has 0 saturated carbocycles. The molecule has 21 heavy (non-hydrogen) atoms. The molecule has 0 saturated heterocycles. The third kappa shape index (κ3) is 7.66. The molecule has 0 aliphatic carbocycles. The van der Waals surface area contributed by atoms with Gasteiger partial charge in [0.2, 0.25) is 0 Å². The van der Waals surface area contributed by atoms with Crippen LogP contribution in [0.2, 0.25) is 0 Å². The van der Waals surface area contributed by atoms with Crippen LogP contribution in [0.25, 0.3) is 0 Å². The largest absolute Gasteiger partial charge is 0.444 e. The number of alkyl carbamates (subject to hydrolysis) is 1. The van der Waals surface area contributed by atoms with Gasteiger partial charge in [-0.15, -0.1) is 0 Å². The summed E-state index contributed by atoms with van der Waals surface area (Å²) in [5, 5.41) is 6.16. The van der Waals surface area contributed by atoms with Crippen LogP contribution >= 0.6 is 0 Å². The Bertz CT molecular complexity index is 461. The SMILES string of the molecule is Cc1ccc(CNC(C)(C)CNC(=O)OC(C)(C)C)nc1. The average molecular weight is 293 g/mol. The van der Waals surface area contributed by atoms with Gasteiger partial charge in [0.25, 0.3) is 0 Å². The summed E-state index contributed by atoms with van der Waals surface area (Å²) >= 11 is 0. The lowest BCUT2D eigenvalue weighted by Gasteiger charge is -2.27. The molecule has 0 aromatic carbocycles. The number of ether oxygens (including phenoxy) is 1. The summed E-state index contributed by atoms with van der Waals surface area (Å²) < 4.78 is 5.22. The second kappa shape index (κ2) is 6.89. The Morgan fingerprint density at radius 3 is 2.43 bits per heavy atom. The van der Waals surface area contributed by atoms with E-state index in [0.29, 0.717) is 13.1 Å². The molecular formula is C16H27N3O2. The van der Waals surface area contributed by atoms with Crippen molar-refractivity contribution in [3.63, 3.8) is 0 Å². The summed E-state index contributed by atoms with van der Waals surface area (Å²) in [4.78, 5) is 16.0. The summed E-state index contributed by atoms with van der Waals surface area (Å²) in [6.07, 6.45) is 1.45. The van der Waals surface area contributed by atoms with E-state index in [0.717, 1.165) is 11.3 Å². The number of carbonyl (C=O) groups is 1. The first-order valence-corrected chi connectivity index (χ1v) is 7.21. The molecule has 0 radical (unpaired) electrons. The maximum Gasteiger partial charge on any atom is 0.407 e. The third-order valence-corrected chi connectivity index (χ3v) is 2.79. The Kier molecular flexibility index (Phi) is 5.72. The van der Waals surface area contributed by atoms with E-state index >= 15 is 0 Å². The number of hydrogen-bond donors (Lipinski definition) is 2. The van der Waals surface area contributed by atoms with E-state index in [1.165, 1.54) is 0 Å². The van der Waals surface area contributed by atoms with Crippen molar-refractivity contribution in [1.82, 2.24) is 15.6 Å². The van der Waals surface area contributed by atoms with E-state index in [9.17, 15) is 4.79 Å². The van der Waals surface area contributed by atoms with Crippen molar-refractivity contribution in [3.05, 3.63) is 29.6 Å². The molecule has 1 aromatic rings. The van der Waals surface area contributed by atoms with Gasteiger partial charge in [-0.1, -0.05) is 6.07 Å². The molecule has 1 rings (SSSR count). The minimum absolute atomic E-state index is 0.247. The zero-order valence-corrected chi connectivity index (χ0v) is 13.9. The number of carbonyl (C=O) groups excluding carboxylic acids is 1. The number of nitrogens with zero attached hydrogens (tertiary/aromatic N) is 1. The van der Waals surface area contributed by atoms with Gasteiger partial charge in [-0.2, -0.15) is 0 Å². The molecule has 0 aliphatic rings. The summed E-state index contributed by atoms with van der Waals surface area (Å²) in [5.74, 6) is 0. The van der Waals surface area contributed by atoms with E-state index < -0.39 is 11.7 Å². The normalized spacial score (nSPS) is 12.1. The zero-order chi connectivity index (χ0) is 16.1. The minimum atomic E-state index is -0.479. The number of pyridine rings is 1. The van der Waals surface area contributed by atoms with Crippen LogP contribution in [0.4, 0.5) is 4.79 Å². The Balaban J connectivity index is 2.39. The molecule has 1 aromatic heterocycles. The highest BCUT2D eigenvalue weighted by Gasteiger charge is 2.21. The first kappa shape index (κ1) is 17.4. The van der Waals surface area contributed by atoms with Crippen LogP contribution in [0.15, 0.2) is 18.3 Å². The Morgan fingerprint density at radius 1 is 1.24 bits per heavy atom. The fourth-order valence-corrected chi connectivity index (χ4v) is 1.60. The lowest BCUT2D eigenvalue weighted by Crippen LogP contribution is -2.49. The molecule has 0 spiro atoms. The molecule has 5 nitrogen and oxygen atoms in total. The number of nitrogens with one attached hydrogen (secondary N) is 2. The molecule has 2 N–H and O–H groups in total. The van der Waals surface area contributed by atoms with E-state index in [1.54, 1.807) is 0 Å². The molecule has 0 fully saturated rings. The van der Waals surface area contributed by atoms with Gasteiger partial charge in [0.15, 0.2) is 0 Å². The maximum atomic E-state index is 11.6. The van der Waals surface area contributed by atoms with Gasteiger partial charge in [-0.25, -0.2) is 4.79 Å².